The van der Waals surface area contributed by atoms with Gasteiger partial charge in [-0.15, -0.1) is 0 Å². The molecule has 3 rings (SSSR count). The molecule has 1 aliphatic carbocycles. The Morgan fingerprint density at radius 1 is 1.07 bits per heavy atom. The van der Waals surface area contributed by atoms with Crippen LogP contribution in [0.25, 0.3) is 0 Å². The van der Waals surface area contributed by atoms with Crippen LogP contribution in [-0.4, -0.2) is 29.3 Å². The Hall–Kier alpha value is -2.69. The fraction of sp³-hybridized carbons (Fsp3) is 0.417. The molecule has 1 fully saturated rings. The Morgan fingerprint density at radius 3 is 2.34 bits per heavy atom. The number of halogens is 1. The first-order valence-corrected chi connectivity index (χ1v) is 10.4. The number of carbonyl (C=O) groups excluding carboxylic acids is 2. The highest BCUT2D eigenvalue weighted by Crippen LogP contribution is 2.26. The molecule has 0 saturated heterocycles. The van der Waals surface area contributed by atoms with Crippen LogP contribution in [0.3, 0.4) is 0 Å². The van der Waals surface area contributed by atoms with E-state index in [9.17, 15) is 14.0 Å². The number of benzene rings is 2. The van der Waals surface area contributed by atoms with Crippen LogP contribution in [-0.2, 0) is 16.0 Å². The molecule has 1 unspecified atom stereocenters. The van der Waals surface area contributed by atoms with E-state index in [1.165, 1.54) is 19.1 Å². The van der Waals surface area contributed by atoms with Crippen molar-refractivity contribution in [3.05, 3.63) is 71.5 Å². The second-order valence-corrected chi connectivity index (χ2v) is 7.77. The van der Waals surface area contributed by atoms with Crippen LogP contribution >= 0.6 is 0 Å². The summed E-state index contributed by atoms with van der Waals surface area (Å²) in [5.41, 5.74) is 1.95. The Labute approximate surface area is 172 Å². The van der Waals surface area contributed by atoms with E-state index < -0.39 is 0 Å². The molecular weight excluding hydrogens is 367 g/mol. The fourth-order valence-electron chi connectivity index (χ4n) is 4.10. The third kappa shape index (κ3) is 6.14. The molecule has 2 amide bonds. The number of carbonyl (C=O) groups is 2. The van der Waals surface area contributed by atoms with Crippen LogP contribution in [0.2, 0.25) is 0 Å². The normalized spacial score (nSPS) is 15.1. The fourth-order valence-corrected chi connectivity index (χ4v) is 4.10. The van der Waals surface area contributed by atoms with Gasteiger partial charge in [0.15, 0.2) is 0 Å². The van der Waals surface area contributed by atoms with Gasteiger partial charge in [0, 0.05) is 19.5 Å². The molecule has 0 spiro atoms. The van der Waals surface area contributed by atoms with E-state index in [0.717, 1.165) is 36.8 Å². The van der Waals surface area contributed by atoms with Crippen LogP contribution < -0.4 is 5.32 Å². The lowest BCUT2D eigenvalue weighted by Crippen LogP contribution is -2.42. The van der Waals surface area contributed by atoms with Crippen molar-refractivity contribution in [2.45, 2.75) is 57.5 Å². The van der Waals surface area contributed by atoms with Crippen LogP contribution in [0, 0.1) is 5.82 Å². The lowest BCUT2D eigenvalue weighted by molar-refractivity contribution is -0.134. The molecule has 154 valence electrons. The van der Waals surface area contributed by atoms with Crippen LogP contribution in [0.4, 0.5) is 4.39 Å². The topological polar surface area (TPSA) is 49.4 Å². The monoisotopic (exact) mass is 396 g/mol. The largest absolute Gasteiger partial charge is 0.349 e. The molecule has 5 heteroatoms. The van der Waals surface area contributed by atoms with Gasteiger partial charge in [0.05, 0.1) is 12.5 Å². The SMILES string of the molecule is CC(=O)NC(CC(=O)N(CCc1ccc(F)cc1)C1CCCC1)c1ccccc1. The van der Waals surface area contributed by atoms with Crippen molar-refractivity contribution in [2.75, 3.05) is 6.54 Å². The van der Waals surface area contributed by atoms with E-state index in [1.807, 2.05) is 35.2 Å². The Balaban J connectivity index is 1.72. The summed E-state index contributed by atoms with van der Waals surface area (Å²) in [7, 11) is 0. The average Bonchev–Trinajstić information content (AvgIpc) is 3.24. The van der Waals surface area contributed by atoms with Crippen molar-refractivity contribution in [1.82, 2.24) is 10.2 Å². The summed E-state index contributed by atoms with van der Waals surface area (Å²) in [6.45, 7) is 2.08. The molecule has 0 bridgehead atoms. The zero-order chi connectivity index (χ0) is 20.6. The standard InChI is InChI=1S/C24H29FN2O2/c1-18(28)26-23(20-7-3-2-4-8-20)17-24(29)27(22-9-5-6-10-22)16-15-19-11-13-21(25)14-12-19/h2-4,7-8,11-14,22-23H,5-6,9-10,15-17H2,1H3,(H,26,28). The van der Waals surface area contributed by atoms with Gasteiger partial charge in [-0.1, -0.05) is 55.3 Å². The quantitative estimate of drug-likeness (QED) is 0.719. The van der Waals surface area contributed by atoms with E-state index in [2.05, 4.69) is 5.32 Å². The highest BCUT2D eigenvalue weighted by Gasteiger charge is 2.28. The molecule has 0 heterocycles. The summed E-state index contributed by atoms with van der Waals surface area (Å²) in [6, 6.07) is 16.0. The van der Waals surface area contributed by atoms with Gasteiger partial charge < -0.3 is 10.2 Å². The maximum absolute atomic E-state index is 13.3. The lowest BCUT2D eigenvalue weighted by atomic mass is 10.0. The number of nitrogens with one attached hydrogen (secondary N) is 1. The Bertz CT molecular complexity index is 801. The first-order chi connectivity index (χ1) is 14.0. The second kappa shape index (κ2) is 10.2. The summed E-state index contributed by atoms with van der Waals surface area (Å²) >= 11 is 0. The van der Waals surface area contributed by atoms with Crippen molar-refractivity contribution in [3.8, 4) is 0 Å². The van der Waals surface area contributed by atoms with Crippen molar-refractivity contribution in [1.29, 1.82) is 0 Å². The molecule has 1 aliphatic rings. The van der Waals surface area contributed by atoms with Gasteiger partial charge in [0.2, 0.25) is 11.8 Å². The van der Waals surface area contributed by atoms with Crippen molar-refractivity contribution >= 4 is 11.8 Å². The number of rotatable bonds is 8. The average molecular weight is 397 g/mol. The molecule has 1 N–H and O–H groups in total. The van der Waals surface area contributed by atoms with Gasteiger partial charge in [0.1, 0.15) is 5.82 Å². The Kier molecular flexibility index (Phi) is 7.39. The number of amides is 2. The molecular formula is C24H29FN2O2. The number of hydrogen-bond acceptors (Lipinski definition) is 2. The van der Waals surface area contributed by atoms with Crippen molar-refractivity contribution in [2.24, 2.45) is 0 Å². The molecule has 0 radical (unpaired) electrons. The van der Waals surface area contributed by atoms with E-state index in [4.69, 9.17) is 0 Å². The zero-order valence-electron chi connectivity index (χ0n) is 16.9. The van der Waals surface area contributed by atoms with E-state index in [-0.39, 0.29) is 36.1 Å². The van der Waals surface area contributed by atoms with E-state index in [0.29, 0.717) is 13.0 Å². The minimum Gasteiger partial charge on any atom is -0.349 e. The van der Waals surface area contributed by atoms with Crippen LogP contribution in [0.1, 0.15) is 56.2 Å². The van der Waals surface area contributed by atoms with E-state index >= 15 is 0 Å². The molecule has 0 aliphatic heterocycles. The maximum atomic E-state index is 13.3. The highest BCUT2D eigenvalue weighted by molar-refractivity contribution is 5.79. The molecule has 29 heavy (non-hydrogen) atoms. The first kappa shape index (κ1) is 21.0. The van der Waals surface area contributed by atoms with Gasteiger partial charge in [0.25, 0.3) is 0 Å². The van der Waals surface area contributed by atoms with Crippen molar-refractivity contribution < 1.29 is 14.0 Å². The lowest BCUT2D eigenvalue weighted by Gasteiger charge is -2.31. The summed E-state index contributed by atoms with van der Waals surface area (Å²) in [6.07, 6.45) is 5.25. The van der Waals surface area contributed by atoms with Gasteiger partial charge in [-0.05, 0) is 42.5 Å². The molecule has 2 aromatic rings. The van der Waals surface area contributed by atoms with E-state index in [1.54, 1.807) is 12.1 Å². The molecule has 4 nitrogen and oxygen atoms in total. The second-order valence-electron chi connectivity index (χ2n) is 7.77. The minimum atomic E-state index is -0.337. The molecule has 1 atom stereocenters. The summed E-state index contributed by atoms with van der Waals surface area (Å²) < 4.78 is 13.2. The molecule has 2 aromatic carbocycles. The van der Waals surface area contributed by atoms with Gasteiger partial charge in [-0.3, -0.25) is 9.59 Å². The summed E-state index contributed by atoms with van der Waals surface area (Å²) in [5.74, 6) is -0.342. The molecule has 0 aromatic heterocycles. The highest BCUT2D eigenvalue weighted by atomic mass is 19.1. The van der Waals surface area contributed by atoms with Gasteiger partial charge >= 0.3 is 0 Å². The van der Waals surface area contributed by atoms with Crippen molar-refractivity contribution in [3.63, 3.8) is 0 Å². The van der Waals surface area contributed by atoms with Gasteiger partial charge in [-0.25, -0.2) is 4.39 Å². The smallest absolute Gasteiger partial charge is 0.225 e. The minimum absolute atomic E-state index is 0.0571. The number of nitrogens with zero attached hydrogens (tertiary/aromatic N) is 1. The summed E-state index contributed by atoms with van der Waals surface area (Å²) in [4.78, 5) is 27.0. The Morgan fingerprint density at radius 2 is 1.72 bits per heavy atom. The van der Waals surface area contributed by atoms with Gasteiger partial charge in [-0.2, -0.15) is 0 Å². The zero-order valence-corrected chi connectivity index (χ0v) is 16.9. The third-order valence-electron chi connectivity index (χ3n) is 5.60. The number of hydrogen-bond donors (Lipinski definition) is 1. The third-order valence-corrected chi connectivity index (χ3v) is 5.60. The predicted molar refractivity (Wildman–Crippen MR) is 112 cm³/mol. The van der Waals surface area contributed by atoms with Crippen LogP contribution in [0.5, 0.6) is 0 Å². The first-order valence-electron chi connectivity index (χ1n) is 10.4. The molecule has 1 saturated carbocycles. The summed E-state index contributed by atoms with van der Waals surface area (Å²) in [5, 5.41) is 2.92. The predicted octanol–water partition coefficient (Wildman–Crippen LogP) is 4.41. The van der Waals surface area contributed by atoms with Crippen LogP contribution in [0.15, 0.2) is 54.6 Å². The maximum Gasteiger partial charge on any atom is 0.225 e.